The number of aliphatic carboxylic acids is 1. The molecule has 0 aliphatic rings. The van der Waals surface area contributed by atoms with E-state index in [2.05, 4.69) is 24.3 Å². The van der Waals surface area contributed by atoms with Crippen LogP contribution in [0.2, 0.25) is 0 Å². The second kappa shape index (κ2) is 11.7. The molecular weight excluding hydrogens is 446 g/mol. The van der Waals surface area contributed by atoms with Gasteiger partial charge in [-0.25, -0.2) is 4.79 Å². The van der Waals surface area contributed by atoms with Crippen LogP contribution in [0.15, 0.2) is 88.7 Å². The first-order chi connectivity index (χ1) is 16.2. The van der Waals surface area contributed by atoms with E-state index in [-0.39, 0.29) is 12.5 Å². The van der Waals surface area contributed by atoms with E-state index in [1.54, 1.807) is 16.7 Å². The number of amides is 1. The number of rotatable bonds is 9. The Morgan fingerprint density at radius 3 is 1.91 bits per heavy atom. The number of ether oxygens (including phenoxy) is 1. The van der Waals surface area contributed by atoms with Gasteiger partial charge in [0.15, 0.2) is 0 Å². The third-order valence-corrected chi connectivity index (χ3v) is 5.99. The lowest BCUT2D eigenvalue weighted by atomic mass is 10.1. The maximum atomic E-state index is 12.8. The largest absolute Gasteiger partial charge is 0.481 e. The quantitative estimate of drug-likeness (QED) is 0.384. The molecule has 1 amide bonds. The first-order valence-corrected chi connectivity index (χ1v) is 12.1. The van der Waals surface area contributed by atoms with Gasteiger partial charge in [-0.05, 0) is 68.1 Å². The van der Waals surface area contributed by atoms with E-state index in [9.17, 15) is 9.59 Å². The average molecular weight is 478 g/mol. The Morgan fingerprint density at radius 1 is 0.824 bits per heavy atom. The Hall–Kier alpha value is -3.25. The molecule has 0 aliphatic carbocycles. The van der Waals surface area contributed by atoms with Gasteiger partial charge in [0.05, 0.1) is 6.42 Å². The van der Waals surface area contributed by atoms with Crippen LogP contribution in [-0.4, -0.2) is 34.2 Å². The summed E-state index contributed by atoms with van der Waals surface area (Å²) in [5, 5.41) is 8.90. The number of hydrogen-bond donors (Lipinski definition) is 1. The molecule has 5 nitrogen and oxygen atoms in total. The molecule has 0 aliphatic heterocycles. The Balaban J connectivity index is 1.60. The van der Waals surface area contributed by atoms with Crippen LogP contribution >= 0.6 is 11.8 Å². The minimum atomic E-state index is -0.829. The molecule has 6 heteroatoms. The van der Waals surface area contributed by atoms with Crippen LogP contribution < -0.4 is 0 Å². The van der Waals surface area contributed by atoms with Crippen molar-refractivity contribution in [3.8, 4) is 0 Å². The predicted molar refractivity (Wildman–Crippen MR) is 135 cm³/mol. The highest BCUT2D eigenvalue weighted by molar-refractivity contribution is 7.99. The van der Waals surface area contributed by atoms with Crippen LogP contribution in [0, 0.1) is 0 Å². The van der Waals surface area contributed by atoms with Gasteiger partial charge < -0.3 is 14.7 Å². The van der Waals surface area contributed by atoms with Gasteiger partial charge in [-0.3, -0.25) is 4.79 Å². The summed E-state index contributed by atoms with van der Waals surface area (Å²) in [6.07, 6.45) is 0.445. The van der Waals surface area contributed by atoms with Gasteiger partial charge >= 0.3 is 12.1 Å². The second-order valence-corrected chi connectivity index (χ2v) is 10.2. The van der Waals surface area contributed by atoms with Crippen LogP contribution in [0.3, 0.4) is 0 Å². The molecule has 0 bridgehead atoms. The monoisotopic (exact) mass is 477 g/mol. The molecule has 0 radical (unpaired) electrons. The zero-order chi connectivity index (χ0) is 24.6. The number of carbonyl (C=O) groups is 2. The van der Waals surface area contributed by atoms with Crippen LogP contribution in [0.25, 0.3) is 0 Å². The van der Waals surface area contributed by atoms with Crippen LogP contribution in [-0.2, 0) is 28.9 Å². The molecule has 0 unspecified atom stereocenters. The van der Waals surface area contributed by atoms with E-state index in [0.29, 0.717) is 13.1 Å². The maximum Gasteiger partial charge on any atom is 0.410 e. The Labute approximate surface area is 205 Å². The molecule has 0 aromatic heterocycles. The van der Waals surface area contributed by atoms with Gasteiger partial charge in [0.1, 0.15) is 5.60 Å². The number of carbonyl (C=O) groups excluding carboxylic acids is 1. The highest BCUT2D eigenvalue weighted by atomic mass is 32.2. The molecule has 34 heavy (non-hydrogen) atoms. The van der Waals surface area contributed by atoms with Gasteiger partial charge in [0.25, 0.3) is 0 Å². The fourth-order valence-electron chi connectivity index (χ4n) is 3.34. The summed E-state index contributed by atoms with van der Waals surface area (Å²) in [6, 6.07) is 25.8. The third-order valence-electron chi connectivity index (χ3n) is 4.98. The van der Waals surface area contributed by atoms with Gasteiger partial charge in [-0.2, -0.15) is 0 Å². The lowest BCUT2D eigenvalue weighted by molar-refractivity contribution is -0.136. The van der Waals surface area contributed by atoms with E-state index in [1.807, 2.05) is 75.4 Å². The molecule has 1 N–H and O–H groups in total. The molecule has 3 aromatic rings. The summed E-state index contributed by atoms with van der Waals surface area (Å²) in [4.78, 5) is 27.5. The van der Waals surface area contributed by atoms with Crippen molar-refractivity contribution < 1.29 is 19.4 Å². The van der Waals surface area contributed by atoms with Gasteiger partial charge in [-0.15, -0.1) is 0 Å². The van der Waals surface area contributed by atoms with E-state index < -0.39 is 11.6 Å². The average Bonchev–Trinajstić information content (AvgIpc) is 2.78. The summed E-state index contributed by atoms with van der Waals surface area (Å²) in [6.45, 7) is 6.69. The van der Waals surface area contributed by atoms with Crippen LogP contribution in [0.4, 0.5) is 4.79 Å². The first-order valence-electron chi connectivity index (χ1n) is 11.3. The molecule has 0 saturated heterocycles. The van der Waals surface area contributed by atoms with E-state index >= 15 is 0 Å². The standard InChI is InChI=1S/C28H31NO4S/c1-28(2,3)33-27(32)29(20-23-7-5-4-6-8-23)18-17-21-9-13-24(14-10-21)34-25-15-11-22(12-16-25)19-26(30)31/h4-16H,17-20H2,1-3H3,(H,30,31). The molecule has 0 saturated carbocycles. The summed E-state index contributed by atoms with van der Waals surface area (Å²) < 4.78 is 5.63. The molecule has 178 valence electrons. The van der Waals surface area contributed by atoms with Crippen LogP contribution in [0.1, 0.15) is 37.5 Å². The van der Waals surface area contributed by atoms with Crippen molar-refractivity contribution in [2.75, 3.05) is 6.54 Å². The molecule has 3 aromatic carbocycles. The zero-order valence-corrected chi connectivity index (χ0v) is 20.7. The molecule has 0 fully saturated rings. The number of carboxylic acids is 1. The fourth-order valence-corrected chi connectivity index (χ4v) is 4.16. The molecule has 0 heterocycles. The van der Waals surface area contributed by atoms with Crippen molar-refractivity contribution in [1.82, 2.24) is 4.90 Å². The Kier molecular flexibility index (Phi) is 8.77. The lowest BCUT2D eigenvalue weighted by Gasteiger charge is -2.27. The second-order valence-electron chi connectivity index (χ2n) is 9.10. The highest BCUT2D eigenvalue weighted by Crippen LogP contribution is 2.28. The van der Waals surface area contributed by atoms with E-state index in [1.165, 1.54) is 0 Å². The smallest absolute Gasteiger partial charge is 0.410 e. The number of benzene rings is 3. The topological polar surface area (TPSA) is 66.8 Å². The summed E-state index contributed by atoms with van der Waals surface area (Å²) in [5.74, 6) is -0.829. The van der Waals surface area contributed by atoms with Crippen LogP contribution in [0.5, 0.6) is 0 Å². The lowest BCUT2D eigenvalue weighted by Crippen LogP contribution is -2.37. The van der Waals surface area contributed by atoms with Crippen molar-refractivity contribution in [2.45, 2.75) is 55.5 Å². The normalized spacial score (nSPS) is 11.1. The number of hydrogen-bond acceptors (Lipinski definition) is 4. The number of carboxylic acid groups (broad SMARTS) is 1. The molecule has 0 spiro atoms. The predicted octanol–water partition coefficient (Wildman–Crippen LogP) is 6.44. The van der Waals surface area contributed by atoms with E-state index in [0.717, 1.165) is 32.9 Å². The summed E-state index contributed by atoms with van der Waals surface area (Å²) in [5.41, 5.74) is 2.45. The minimum Gasteiger partial charge on any atom is -0.481 e. The third kappa shape index (κ3) is 8.60. The van der Waals surface area contributed by atoms with Crippen molar-refractivity contribution in [1.29, 1.82) is 0 Å². The number of nitrogens with zero attached hydrogens (tertiary/aromatic N) is 1. The fraction of sp³-hybridized carbons (Fsp3) is 0.286. The van der Waals surface area contributed by atoms with Crippen molar-refractivity contribution in [3.05, 3.63) is 95.6 Å². The van der Waals surface area contributed by atoms with E-state index in [4.69, 9.17) is 9.84 Å². The minimum absolute atomic E-state index is 0.0320. The Morgan fingerprint density at radius 2 is 1.38 bits per heavy atom. The summed E-state index contributed by atoms with van der Waals surface area (Å²) >= 11 is 1.63. The van der Waals surface area contributed by atoms with Gasteiger partial charge in [0, 0.05) is 22.9 Å². The molecule has 0 atom stereocenters. The molecule has 3 rings (SSSR count). The zero-order valence-electron chi connectivity index (χ0n) is 19.9. The van der Waals surface area contributed by atoms with Gasteiger partial charge in [-0.1, -0.05) is 66.4 Å². The first kappa shape index (κ1) is 25.4. The molecular formula is C28H31NO4S. The Bertz CT molecular complexity index is 1070. The van der Waals surface area contributed by atoms with Crippen molar-refractivity contribution >= 4 is 23.8 Å². The highest BCUT2D eigenvalue weighted by Gasteiger charge is 2.22. The van der Waals surface area contributed by atoms with Gasteiger partial charge in [0.2, 0.25) is 0 Å². The summed E-state index contributed by atoms with van der Waals surface area (Å²) in [7, 11) is 0. The SMILES string of the molecule is CC(C)(C)OC(=O)N(CCc1ccc(Sc2ccc(CC(=O)O)cc2)cc1)Cc1ccccc1. The maximum absolute atomic E-state index is 12.8. The van der Waals surface area contributed by atoms with Crippen molar-refractivity contribution in [3.63, 3.8) is 0 Å². The van der Waals surface area contributed by atoms with Crippen molar-refractivity contribution in [2.24, 2.45) is 0 Å².